The molecule has 6 nitrogen and oxygen atoms in total. The first kappa shape index (κ1) is 20.0. The van der Waals surface area contributed by atoms with Crippen LogP contribution in [-0.2, 0) is 24.7 Å². The topological polar surface area (TPSA) is 68.1 Å². The van der Waals surface area contributed by atoms with Gasteiger partial charge in [-0.15, -0.1) is 0 Å². The highest BCUT2D eigenvalue weighted by molar-refractivity contribution is 5.96. The third-order valence-electron chi connectivity index (χ3n) is 5.96. The molecule has 0 bridgehead atoms. The number of carbonyl (C=O) groups is 1. The van der Waals surface area contributed by atoms with Gasteiger partial charge in [0.15, 0.2) is 0 Å². The Hall–Kier alpha value is -3.28. The highest BCUT2D eigenvalue weighted by Gasteiger charge is 2.22. The lowest BCUT2D eigenvalue weighted by molar-refractivity contribution is -0.116. The van der Waals surface area contributed by atoms with Crippen LogP contribution in [0.5, 0.6) is 0 Å². The Morgan fingerprint density at radius 1 is 1.03 bits per heavy atom. The average Bonchev–Trinajstić information content (AvgIpc) is 2.97. The molecule has 3 aromatic rings. The molecule has 0 saturated carbocycles. The van der Waals surface area contributed by atoms with E-state index in [0.29, 0.717) is 11.4 Å². The van der Waals surface area contributed by atoms with E-state index >= 15 is 0 Å². The van der Waals surface area contributed by atoms with Gasteiger partial charge in [0.1, 0.15) is 11.7 Å². The fraction of sp³-hybridized carbons (Fsp3) is 0.333. The Morgan fingerprint density at radius 2 is 1.77 bits per heavy atom. The second kappa shape index (κ2) is 8.22. The second-order valence-corrected chi connectivity index (χ2v) is 7.94. The molecule has 2 N–H and O–H groups in total. The number of hydrogen-bond donors (Lipinski definition) is 2. The molecule has 1 amide bonds. The monoisotopic (exact) mass is 404 g/mol. The van der Waals surface area contributed by atoms with Gasteiger partial charge >= 0.3 is 0 Å². The van der Waals surface area contributed by atoms with Crippen LogP contribution in [0.3, 0.4) is 0 Å². The number of aryl methyl sites for hydroxylation is 1. The lowest BCUT2D eigenvalue weighted by atomic mass is 9.90. The summed E-state index contributed by atoms with van der Waals surface area (Å²) in [6.45, 7) is 3.66. The van der Waals surface area contributed by atoms with Crippen LogP contribution in [0, 0.1) is 6.92 Å². The van der Waals surface area contributed by atoms with E-state index in [0.717, 1.165) is 24.2 Å². The Bertz CT molecular complexity index is 1130. The number of amides is 1. The molecule has 6 heteroatoms. The normalized spacial score (nSPS) is 14.1. The minimum absolute atomic E-state index is 0.227. The summed E-state index contributed by atoms with van der Waals surface area (Å²) >= 11 is 0. The van der Waals surface area contributed by atoms with Crippen LogP contribution in [0.2, 0.25) is 0 Å². The van der Waals surface area contributed by atoms with E-state index < -0.39 is 6.04 Å². The number of rotatable bonds is 5. The van der Waals surface area contributed by atoms with Crippen molar-refractivity contribution >= 4 is 17.3 Å². The molecule has 4 rings (SSSR count). The Morgan fingerprint density at radius 3 is 2.53 bits per heavy atom. The number of anilines is 2. The highest BCUT2D eigenvalue weighted by Crippen LogP contribution is 2.28. The number of nitrogens with one attached hydrogen (secondary N) is 2. The molecule has 156 valence electrons. The van der Waals surface area contributed by atoms with Gasteiger partial charge in [-0.25, -0.2) is 4.68 Å². The molecule has 0 unspecified atom stereocenters. The van der Waals surface area contributed by atoms with E-state index in [4.69, 9.17) is 0 Å². The smallest absolute Gasteiger partial charge is 0.295 e. The largest absolute Gasteiger partial charge is 0.374 e. The van der Waals surface area contributed by atoms with Gasteiger partial charge in [-0.2, -0.15) is 0 Å². The Kier molecular flexibility index (Phi) is 5.48. The first-order valence-corrected chi connectivity index (χ1v) is 10.5. The van der Waals surface area contributed by atoms with E-state index in [-0.39, 0.29) is 11.5 Å². The van der Waals surface area contributed by atoms with Gasteiger partial charge in [0, 0.05) is 12.7 Å². The number of nitrogens with zero attached hydrogens (tertiary/aromatic N) is 2. The molecular weight excluding hydrogens is 376 g/mol. The first-order valence-electron chi connectivity index (χ1n) is 10.5. The van der Waals surface area contributed by atoms with Crippen molar-refractivity contribution < 1.29 is 4.79 Å². The fourth-order valence-corrected chi connectivity index (χ4v) is 4.16. The second-order valence-electron chi connectivity index (χ2n) is 7.94. The molecule has 1 aliphatic rings. The van der Waals surface area contributed by atoms with Gasteiger partial charge in [0.25, 0.3) is 5.56 Å². The summed E-state index contributed by atoms with van der Waals surface area (Å²) in [5.41, 5.74) is 5.24. The average molecular weight is 405 g/mol. The summed E-state index contributed by atoms with van der Waals surface area (Å²) in [6, 6.07) is 15.2. The van der Waals surface area contributed by atoms with Gasteiger partial charge < -0.3 is 10.6 Å². The van der Waals surface area contributed by atoms with E-state index in [1.807, 2.05) is 63.4 Å². The number of para-hydroxylation sites is 1. The predicted molar refractivity (Wildman–Crippen MR) is 121 cm³/mol. The molecule has 1 aliphatic carbocycles. The maximum atomic E-state index is 13.0. The molecular formula is C24H28N4O2. The number of fused-ring (bicyclic) bond motifs is 1. The van der Waals surface area contributed by atoms with Crippen LogP contribution in [0.25, 0.3) is 5.69 Å². The lowest BCUT2D eigenvalue weighted by Crippen LogP contribution is -2.34. The van der Waals surface area contributed by atoms with E-state index in [1.54, 1.807) is 9.36 Å². The minimum Gasteiger partial charge on any atom is -0.374 e. The van der Waals surface area contributed by atoms with Crippen LogP contribution >= 0.6 is 0 Å². The molecule has 1 heterocycles. The maximum absolute atomic E-state index is 13.0. The van der Waals surface area contributed by atoms with Gasteiger partial charge in [-0.1, -0.05) is 30.3 Å². The van der Waals surface area contributed by atoms with Crippen LogP contribution in [0.15, 0.2) is 53.3 Å². The SMILES string of the molecule is Cc1c(NC(=O)[C@@H](C)Nc2cccc3c2CCCC3)c(=O)n(-c2ccccc2)n1C. The van der Waals surface area contributed by atoms with Gasteiger partial charge in [-0.3, -0.25) is 14.3 Å². The number of hydrogen-bond acceptors (Lipinski definition) is 3. The van der Waals surface area contributed by atoms with Crippen molar-refractivity contribution in [3.05, 3.63) is 75.7 Å². The Labute approximate surface area is 176 Å². The number of benzene rings is 2. The zero-order valence-corrected chi connectivity index (χ0v) is 17.7. The zero-order chi connectivity index (χ0) is 21.3. The van der Waals surface area contributed by atoms with Crippen LogP contribution in [0.4, 0.5) is 11.4 Å². The van der Waals surface area contributed by atoms with Gasteiger partial charge in [0.2, 0.25) is 5.91 Å². The third kappa shape index (κ3) is 3.65. The van der Waals surface area contributed by atoms with Crippen molar-refractivity contribution in [1.29, 1.82) is 0 Å². The predicted octanol–water partition coefficient (Wildman–Crippen LogP) is 3.80. The molecule has 30 heavy (non-hydrogen) atoms. The maximum Gasteiger partial charge on any atom is 0.295 e. The van der Waals surface area contributed by atoms with E-state index in [1.165, 1.54) is 24.0 Å². The molecule has 0 fully saturated rings. The van der Waals surface area contributed by atoms with Crippen molar-refractivity contribution in [2.75, 3.05) is 10.6 Å². The van der Waals surface area contributed by atoms with Crippen LogP contribution in [0.1, 0.15) is 36.6 Å². The molecule has 2 aromatic carbocycles. The Balaban J connectivity index is 1.56. The molecule has 0 aliphatic heterocycles. The van der Waals surface area contributed by atoms with Gasteiger partial charge in [-0.05, 0) is 68.9 Å². The summed E-state index contributed by atoms with van der Waals surface area (Å²) in [5.74, 6) is -0.227. The van der Waals surface area contributed by atoms with Crippen LogP contribution < -0.4 is 16.2 Å². The van der Waals surface area contributed by atoms with Crippen molar-refractivity contribution in [2.45, 2.75) is 45.6 Å². The first-order chi connectivity index (χ1) is 14.5. The van der Waals surface area contributed by atoms with Crippen molar-refractivity contribution in [1.82, 2.24) is 9.36 Å². The minimum atomic E-state index is -0.470. The molecule has 0 saturated heterocycles. The quantitative estimate of drug-likeness (QED) is 0.680. The lowest BCUT2D eigenvalue weighted by Gasteiger charge is -2.22. The van der Waals surface area contributed by atoms with Crippen molar-refractivity contribution in [3.63, 3.8) is 0 Å². The summed E-state index contributed by atoms with van der Waals surface area (Å²) in [7, 11) is 1.82. The van der Waals surface area contributed by atoms with E-state index in [9.17, 15) is 9.59 Å². The molecule has 1 atom stereocenters. The van der Waals surface area contributed by atoms with E-state index in [2.05, 4.69) is 16.7 Å². The molecule has 1 aromatic heterocycles. The number of carbonyl (C=O) groups excluding carboxylic acids is 1. The highest BCUT2D eigenvalue weighted by atomic mass is 16.2. The molecule has 0 radical (unpaired) electrons. The molecule has 0 spiro atoms. The fourth-order valence-electron chi connectivity index (χ4n) is 4.16. The van der Waals surface area contributed by atoms with Crippen molar-refractivity contribution in [2.24, 2.45) is 7.05 Å². The summed E-state index contributed by atoms with van der Waals surface area (Å²) in [5, 5.41) is 6.21. The van der Waals surface area contributed by atoms with Crippen LogP contribution in [-0.4, -0.2) is 21.3 Å². The summed E-state index contributed by atoms with van der Waals surface area (Å²) in [4.78, 5) is 25.9. The summed E-state index contributed by atoms with van der Waals surface area (Å²) in [6.07, 6.45) is 4.52. The third-order valence-corrected chi connectivity index (χ3v) is 5.96. The number of aromatic nitrogens is 2. The van der Waals surface area contributed by atoms with Gasteiger partial charge in [0.05, 0.1) is 11.4 Å². The zero-order valence-electron chi connectivity index (χ0n) is 17.7. The standard InChI is InChI=1S/C24H28N4O2/c1-16(25-21-15-9-11-18-10-7-8-14-20(18)21)23(29)26-22-17(2)27(3)28(24(22)30)19-12-5-4-6-13-19/h4-6,9,11-13,15-16,25H,7-8,10,14H2,1-3H3,(H,26,29)/t16-/m1/s1. The van der Waals surface area contributed by atoms with Crippen molar-refractivity contribution in [3.8, 4) is 5.69 Å². The summed E-state index contributed by atoms with van der Waals surface area (Å²) < 4.78 is 3.33.